The van der Waals surface area contributed by atoms with Gasteiger partial charge in [-0.2, -0.15) is 0 Å². The molecular formula is C16H21NO2S. The minimum absolute atomic E-state index is 0.0132. The molecule has 2 N–H and O–H groups in total. The summed E-state index contributed by atoms with van der Waals surface area (Å²) in [6.07, 6.45) is 1.02. The maximum atomic E-state index is 9.44. The summed E-state index contributed by atoms with van der Waals surface area (Å²) in [6.45, 7) is 4.70. The third-order valence-corrected chi connectivity index (χ3v) is 4.15. The molecule has 1 unspecified atom stereocenters. The first-order chi connectivity index (χ1) is 9.78. The first-order valence-electron chi connectivity index (χ1n) is 6.95. The van der Waals surface area contributed by atoms with Crippen LogP contribution in [0.15, 0.2) is 35.7 Å². The second-order valence-electron chi connectivity index (χ2n) is 4.53. The molecule has 0 aliphatic carbocycles. The molecule has 0 saturated carbocycles. The van der Waals surface area contributed by atoms with Crippen molar-refractivity contribution in [3.05, 3.63) is 46.2 Å². The van der Waals surface area contributed by atoms with Crippen LogP contribution in [0.4, 0.5) is 5.69 Å². The lowest BCUT2D eigenvalue weighted by Crippen LogP contribution is -2.08. The maximum absolute atomic E-state index is 9.44. The van der Waals surface area contributed by atoms with Crippen molar-refractivity contribution in [3.63, 3.8) is 0 Å². The van der Waals surface area contributed by atoms with Gasteiger partial charge in [-0.3, -0.25) is 0 Å². The standard InChI is InChI=1S/C16H21NO2S/c1-3-14(16-6-5-9-20-16)17-13-7-8-15(19-4-2)12(10-13)11-18/h5-10,14,17-18H,3-4,11H2,1-2H3. The highest BCUT2D eigenvalue weighted by molar-refractivity contribution is 7.10. The molecule has 0 spiro atoms. The number of thiophene rings is 1. The molecule has 2 rings (SSSR count). The lowest BCUT2D eigenvalue weighted by atomic mass is 10.1. The van der Waals surface area contributed by atoms with E-state index in [0.29, 0.717) is 12.6 Å². The maximum Gasteiger partial charge on any atom is 0.124 e. The lowest BCUT2D eigenvalue weighted by Gasteiger charge is -2.18. The molecule has 20 heavy (non-hydrogen) atoms. The average Bonchev–Trinajstić information content (AvgIpc) is 3.00. The second-order valence-corrected chi connectivity index (χ2v) is 5.51. The molecule has 0 aliphatic heterocycles. The van der Waals surface area contributed by atoms with Gasteiger partial charge in [-0.05, 0) is 43.0 Å². The summed E-state index contributed by atoms with van der Waals surface area (Å²) in [4.78, 5) is 1.33. The highest BCUT2D eigenvalue weighted by atomic mass is 32.1. The van der Waals surface area contributed by atoms with Gasteiger partial charge in [0.1, 0.15) is 5.75 Å². The molecule has 2 aromatic rings. The molecule has 1 atom stereocenters. The second kappa shape index (κ2) is 7.31. The molecule has 1 aromatic heterocycles. The van der Waals surface area contributed by atoms with Gasteiger partial charge in [0.25, 0.3) is 0 Å². The van der Waals surface area contributed by atoms with E-state index in [-0.39, 0.29) is 6.61 Å². The molecule has 0 bridgehead atoms. The van der Waals surface area contributed by atoms with E-state index in [1.165, 1.54) is 4.88 Å². The Hall–Kier alpha value is -1.52. The predicted molar refractivity (Wildman–Crippen MR) is 84.5 cm³/mol. The summed E-state index contributed by atoms with van der Waals surface area (Å²) in [7, 11) is 0. The fourth-order valence-electron chi connectivity index (χ4n) is 2.15. The van der Waals surface area contributed by atoms with Crippen LogP contribution in [0.25, 0.3) is 0 Å². The van der Waals surface area contributed by atoms with E-state index in [4.69, 9.17) is 4.74 Å². The third kappa shape index (κ3) is 3.52. The van der Waals surface area contributed by atoms with Gasteiger partial charge >= 0.3 is 0 Å². The smallest absolute Gasteiger partial charge is 0.124 e. The number of aliphatic hydroxyl groups excluding tert-OH is 1. The number of rotatable bonds is 7. The minimum atomic E-state index is -0.0132. The number of hydrogen-bond donors (Lipinski definition) is 2. The first kappa shape index (κ1) is 14.9. The SMILES string of the molecule is CCOc1ccc(NC(CC)c2cccs2)cc1CO. The van der Waals surface area contributed by atoms with Crippen LogP contribution < -0.4 is 10.1 Å². The largest absolute Gasteiger partial charge is 0.494 e. The molecular weight excluding hydrogens is 270 g/mol. The normalized spacial score (nSPS) is 12.2. The fraction of sp³-hybridized carbons (Fsp3) is 0.375. The predicted octanol–water partition coefficient (Wildman–Crippen LogP) is 4.20. The average molecular weight is 291 g/mol. The van der Waals surface area contributed by atoms with E-state index in [0.717, 1.165) is 23.4 Å². The molecule has 0 saturated heterocycles. The number of hydrogen-bond acceptors (Lipinski definition) is 4. The summed E-state index contributed by atoms with van der Waals surface area (Å²) < 4.78 is 5.50. The van der Waals surface area contributed by atoms with E-state index < -0.39 is 0 Å². The lowest BCUT2D eigenvalue weighted by molar-refractivity contribution is 0.267. The van der Waals surface area contributed by atoms with Crippen molar-refractivity contribution in [2.45, 2.75) is 32.9 Å². The van der Waals surface area contributed by atoms with E-state index in [1.807, 2.05) is 25.1 Å². The fourth-order valence-corrected chi connectivity index (χ4v) is 3.02. The van der Waals surface area contributed by atoms with Crippen molar-refractivity contribution in [1.82, 2.24) is 0 Å². The van der Waals surface area contributed by atoms with Crippen molar-refractivity contribution in [1.29, 1.82) is 0 Å². The Balaban J connectivity index is 2.16. The van der Waals surface area contributed by atoms with Gasteiger partial charge in [-0.25, -0.2) is 0 Å². The van der Waals surface area contributed by atoms with Crippen LogP contribution in [0.1, 0.15) is 36.8 Å². The Morgan fingerprint density at radius 3 is 2.75 bits per heavy atom. The van der Waals surface area contributed by atoms with Crippen LogP contribution in [-0.4, -0.2) is 11.7 Å². The summed E-state index contributed by atoms with van der Waals surface area (Å²) in [5.41, 5.74) is 1.83. The van der Waals surface area contributed by atoms with Gasteiger partial charge in [0.05, 0.1) is 19.3 Å². The molecule has 1 aromatic carbocycles. The van der Waals surface area contributed by atoms with Crippen LogP contribution in [0.5, 0.6) is 5.75 Å². The summed E-state index contributed by atoms with van der Waals surface area (Å²) >= 11 is 1.76. The van der Waals surface area contributed by atoms with Crippen molar-refractivity contribution in [2.75, 3.05) is 11.9 Å². The number of benzene rings is 1. The monoisotopic (exact) mass is 291 g/mol. The number of ether oxygens (including phenoxy) is 1. The van der Waals surface area contributed by atoms with Gasteiger partial charge in [-0.15, -0.1) is 11.3 Å². The molecule has 0 fully saturated rings. The van der Waals surface area contributed by atoms with Gasteiger partial charge in [0.15, 0.2) is 0 Å². The van der Waals surface area contributed by atoms with Crippen LogP contribution in [0.3, 0.4) is 0 Å². The van der Waals surface area contributed by atoms with E-state index in [2.05, 4.69) is 29.8 Å². The van der Waals surface area contributed by atoms with E-state index in [9.17, 15) is 5.11 Å². The zero-order chi connectivity index (χ0) is 14.4. The third-order valence-electron chi connectivity index (χ3n) is 3.17. The number of aliphatic hydroxyl groups is 1. The van der Waals surface area contributed by atoms with Crippen LogP contribution in [0.2, 0.25) is 0 Å². The van der Waals surface area contributed by atoms with Crippen molar-refractivity contribution in [2.24, 2.45) is 0 Å². The van der Waals surface area contributed by atoms with Crippen molar-refractivity contribution in [3.8, 4) is 5.75 Å². The van der Waals surface area contributed by atoms with Gasteiger partial charge in [0, 0.05) is 16.1 Å². The molecule has 108 valence electrons. The Labute approximate surface area is 124 Å². The highest BCUT2D eigenvalue weighted by Crippen LogP contribution is 2.29. The molecule has 3 nitrogen and oxygen atoms in total. The van der Waals surface area contributed by atoms with Gasteiger partial charge in [-0.1, -0.05) is 13.0 Å². The molecule has 0 aliphatic rings. The van der Waals surface area contributed by atoms with Crippen LogP contribution in [-0.2, 0) is 6.61 Å². The zero-order valence-corrected chi connectivity index (χ0v) is 12.7. The summed E-state index contributed by atoms with van der Waals surface area (Å²) in [6, 6.07) is 10.4. The quantitative estimate of drug-likeness (QED) is 0.803. The number of nitrogens with one attached hydrogen (secondary N) is 1. The van der Waals surface area contributed by atoms with Crippen LogP contribution in [0, 0.1) is 0 Å². The van der Waals surface area contributed by atoms with Crippen molar-refractivity contribution < 1.29 is 9.84 Å². The van der Waals surface area contributed by atoms with Crippen LogP contribution >= 0.6 is 11.3 Å². The molecule has 0 amide bonds. The Morgan fingerprint density at radius 2 is 2.15 bits per heavy atom. The van der Waals surface area contributed by atoms with E-state index in [1.54, 1.807) is 11.3 Å². The zero-order valence-electron chi connectivity index (χ0n) is 11.9. The van der Waals surface area contributed by atoms with Crippen molar-refractivity contribution >= 4 is 17.0 Å². The minimum Gasteiger partial charge on any atom is -0.494 e. The highest BCUT2D eigenvalue weighted by Gasteiger charge is 2.11. The molecule has 0 radical (unpaired) electrons. The Bertz CT molecular complexity index is 525. The summed E-state index contributed by atoms with van der Waals surface area (Å²) in [5.74, 6) is 0.754. The van der Waals surface area contributed by atoms with E-state index >= 15 is 0 Å². The number of anilines is 1. The molecule has 1 heterocycles. The Kier molecular flexibility index (Phi) is 5.44. The Morgan fingerprint density at radius 1 is 1.30 bits per heavy atom. The topological polar surface area (TPSA) is 41.5 Å². The van der Waals surface area contributed by atoms with Gasteiger partial charge in [0.2, 0.25) is 0 Å². The molecule has 4 heteroatoms. The summed E-state index contributed by atoms with van der Waals surface area (Å²) in [5, 5.41) is 15.1. The first-order valence-corrected chi connectivity index (χ1v) is 7.83. The van der Waals surface area contributed by atoms with Gasteiger partial charge < -0.3 is 15.2 Å².